The maximum Gasteiger partial charge on any atom is 1.00 e. The molecular formula is C28H50CuN4-3. The van der Waals surface area contributed by atoms with Gasteiger partial charge in [0.2, 0.25) is 0 Å². The summed E-state index contributed by atoms with van der Waals surface area (Å²) in [6.45, 7) is 18.3. The van der Waals surface area contributed by atoms with Crippen molar-refractivity contribution in [2.45, 2.75) is 149 Å². The molecule has 0 aromatic heterocycles. The second kappa shape index (κ2) is 13.4. The van der Waals surface area contributed by atoms with Gasteiger partial charge in [-0.3, -0.25) is 0 Å². The quantitative estimate of drug-likeness (QED) is 0.268. The fourth-order valence-electron chi connectivity index (χ4n) is 6.78. The number of nitrogens with zero attached hydrogens (tertiary/aromatic N) is 4. The zero-order valence-electron chi connectivity index (χ0n) is 22.5. The molecule has 0 amide bonds. The van der Waals surface area contributed by atoms with Crippen LogP contribution in [-0.4, -0.2) is 48.3 Å². The standard InChI is InChI=1S/C14H26N2.C14H24N2.Cu/c2*1-9-5-11(3)15-13(7-9)14-8-10(2)6-12(4)16-14;/h9-14H,5-8H2,1-4H3;7,10-14H,5-6,8H2,1-4H3;/q2*-2;+1. The van der Waals surface area contributed by atoms with E-state index in [2.05, 4.69) is 61.5 Å². The van der Waals surface area contributed by atoms with E-state index >= 15 is 0 Å². The molecule has 5 heteroatoms. The van der Waals surface area contributed by atoms with Gasteiger partial charge in [0.15, 0.2) is 0 Å². The molecular weight excluding hydrogens is 456 g/mol. The van der Waals surface area contributed by atoms with Crippen LogP contribution in [0.3, 0.4) is 0 Å². The van der Waals surface area contributed by atoms with Crippen molar-refractivity contribution in [1.29, 1.82) is 0 Å². The van der Waals surface area contributed by atoms with Gasteiger partial charge < -0.3 is 21.3 Å². The molecule has 33 heavy (non-hydrogen) atoms. The molecule has 3 fully saturated rings. The maximum atomic E-state index is 4.93. The minimum Gasteiger partial charge on any atom is -0.658 e. The molecule has 0 aliphatic carbocycles. The Morgan fingerprint density at radius 2 is 0.939 bits per heavy atom. The van der Waals surface area contributed by atoms with Crippen LogP contribution in [0.5, 0.6) is 0 Å². The molecule has 11 atom stereocenters. The van der Waals surface area contributed by atoms with E-state index in [0.717, 1.165) is 24.2 Å². The van der Waals surface area contributed by atoms with E-state index in [0.29, 0.717) is 48.3 Å². The summed E-state index contributed by atoms with van der Waals surface area (Å²) in [5.41, 5.74) is 1.49. The van der Waals surface area contributed by atoms with Gasteiger partial charge in [-0.2, -0.15) is 12.1 Å². The molecule has 0 radical (unpaired) electrons. The van der Waals surface area contributed by atoms with Gasteiger partial charge in [-0.1, -0.05) is 92.6 Å². The molecule has 0 aromatic rings. The van der Waals surface area contributed by atoms with Crippen LogP contribution < -0.4 is 0 Å². The van der Waals surface area contributed by atoms with Crippen molar-refractivity contribution >= 4 is 0 Å². The van der Waals surface area contributed by atoms with Gasteiger partial charge in [-0.05, 0) is 31.1 Å². The maximum absolute atomic E-state index is 4.93. The van der Waals surface area contributed by atoms with Crippen LogP contribution in [0.2, 0.25) is 0 Å². The van der Waals surface area contributed by atoms with Crippen molar-refractivity contribution in [2.24, 2.45) is 17.8 Å². The molecule has 4 rings (SSSR count). The topological polar surface area (TPSA) is 56.4 Å². The van der Waals surface area contributed by atoms with Gasteiger partial charge in [-0.25, -0.2) is 0 Å². The van der Waals surface area contributed by atoms with E-state index in [1.807, 2.05) is 0 Å². The van der Waals surface area contributed by atoms with Crippen LogP contribution >= 0.6 is 0 Å². The molecule has 4 heterocycles. The Kier molecular flexibility index (Phi) is 11.9. The third kappa shape index (κ3) is 9.24. The first-order chi connectivity index (χ1) is 15.1. The van der Waals surface area contributed by atoms with Crippen molar-refractivity contribution in [3.05, 3.63) is 32.9 Å². The van der Waals surface area contributed by atoms with E-state index in [4.69, 9.17) is 21.3 Å². The van der Waals surface area contributed by atoms with Crippen LogP contribution in [0.25, 0.3) is 21.3 Å². The third-order valence-electron chi connectivity index (χ3n) is 7.84. The minimum absolute atomic E-state index is 0. The predicted octanol–water partition coefficient (Wildman–Crippen LogP) is 8.13. The number of hydrogen-bond acceptors (Lipinski definition) is 0. The molecule has 4 aliphatic heterocycles. The van der Waals surface area contributed by atoms with Crippen LogP contribution in [0, 0.1) is 17.8 Å². The molecule has 0 aromatic carbocycles. The molecule has 0 bridgehead atoms. The molecule has 0 N–H and O–H groups in total. The van der Waals surface area contributed by atoms with E-state index in [1.165, 1.54) is 44.1 Å². The summed E-state index contributed by atoms with van der Waals surface area (Å²) in [6.07, 6.45) is 11.0. The average molecular weight is 506 g/mol. The molecule has 0 saturated carbocycles. The Morgan fingerprint density at radius 3 is 1.33 bits per heavy atom. The largest absolute Gasteiger partial charge is 1.00 e. The molecule has 196 valence electrons. The number of hydrogen-bond donors (Lipinski definition) is 0. The summed E-state index contributed by atoms with van der Waals surface area (Å²) >= 11 is 0. The second-order valence-electron chi connectivity index (χ2n) is 12.1. The molecule has 4 nitrogen and oxygen atoms in total. The van der Waals surface area contributed by atoms with Gasteiger partial charge in [0.25, 0.3) is 0 Å². The first kappa shape index (κ1) is 29.3. The fraction of sp³-hybridized carbons (Fsp3) is 0.929. The molecule has 11 unspecified atom stereocenters. The fourth-order valence-corrected chi connectivity index (χ4v) is 6.78. The monoisotopic (exact) mass is 505 g/mol. The predicted molar refractivity (Wildman–Crippen MR) is 140 cm³/mol. The van der Waals surface area contributed by atoms with E-state index in [9.17, 15) is 0 Å². The van der Waals surface area contributed by atoms with E-state index in [1.54, 1.807) is 0 Å². The van der Waals surface area contributed by atoms with Crippen molar-refractivity contribution < 1.29 is 17.1 Å². The van der Waals surface area contributed by atoms with Crippen LogP contribution in [-0.2, 0) is 17.1 Å². The zero-order chi connectivity index (χ0) is 23.4. The van der Waals surface area contributed by atoms with Crippen molar-refractivity contribution in [3.63, 3.8) is 0 Å². The van der Waals surface area contributed by atoms with Crippen molar-refractivity contribution in [3.8, 4) is 0 Å². The number of rotatable bonds is 2. The smallest absolute Gasteiger partial charge is 0.658 e. The summed E-state index contributed by atoms with van der Waals surface area (Å²) in [4.78, 5) is 0. The first-order valence-corrected chi connectivity index (χ1v) is 13.6. The average Bonchev–Trinajstić information content (AvgIpc) is 2.65. The molecule has 3 saturated heterocycles. The van der Waals surface area contributed by atoms with Crippen LogP contribution in [0.4, 0.5) is 0 Å². The van der Waals surface area contributed by atoms with Gasteiger partial charge in [0.1, 0.15) is 0 Å². The summed E-state index contributed by atoms with van der Waals surface area (Å²) < 4.78 is 0. The van der Waals surface area contributed by atoms with Crippen LogP contribution in [0.15, 0.2) is 11.6 Å². The van der Waals surface area contributed by atoms with Crippen molar-refractivity contribution in [2.75, 3.05) is 0 Å². The van der Waals surface area contributed by atoms with E-state index < -0.39 is 0 Å². The molecule has 0 spiro atoms. The zero-order valence-corrected chi connectivity index (χ0v) is 23.4. The van der Waals surface area contributed by atoms with E-state index in [-0.39, 0.29) is 17.1 Å². The van der Waals surface area contributed by atoms with Crippen molar-refractivity contribution in [1.82, 2.24) is 0 Å². The Balaban J connectivity index is 0.000000227. The van der Waals surface area contributed by atoms with Gasteiger partial charge in [0.05, 0.1) is 0 Å². The third-order valence-corrected chi connectivity index (χ3v) is 7.84. The Morgan fingerprint density at radius 1 is 0.545 bits per heavy atom. The minimum atomic E-state index is 0. The van der Waals surface area contributed by atoms with Crippen LogP contribution in [0.1, 0.15) is 100 Å². The summed E-state index contributed by atoms with van der Waals surface area (Å²) in [5.74, 6) is 2.47. The van der Waals surface area contributed by atoms with Gasteiger partial charge >= 0.3 is 17.1 Å². The Bertz CT molecular complexity index is 557. The first-order valence-electron chi connectivity index (χ1n) is 13.6. The summed E-state index contributed by atoms with van der Waals surface area (Å²) in [7, 11) is 0. The number of piperidine rings is 3. The Hall–Kier alpha value is 0.0995. The SMILES string of the molecule is CC1=CC(C2CC(C)CC(C)[N-]2)[N-]C(C)C1.CC1CC(C)[N-]C(C2CC(C)CC(C)[N-]2)C1.[Cu+]. The summed E-state index contributed by atoms with van der Waals surface area (Å²) in [6, 6.07) is 3.94. The Labute approximate surface area is 216 Å². The van der Waals surface area contributed by atoms with Gasteiger partial charge in [0, 0.05) is 0 Å². The van der Waals surface area contributed by atoms with Gasteiger partial charge in [-0.15, -0.1) is 42.3 Å². The summed E-state index contributed by atoms with van der Waals surface area (Å²) in [5, 5.41) is 19.6. The molecule has 4 aliphatic rings. The second-order valence-corrected chi connectivity index (χ2v) is 12.1. The normalized spacial score (nSPS) is 46.3.